The van der Waals surface area contributed by atoms with Crippen molar-refractivity contribution in [1.29, 1.82) is 0 Å². The van der Waals surface area contributed by atoms with E-state index in [-0.39, 0.29) is 5.60 Å². The van der Waals surface area contributed by atoms with Crippen LogP contribution in [0.25, 0.3) is 0 Å². The van der Waals surface area contributed by atoms with Gasteiger partial charge in [-0.2, -0.15) is 0 Å². The molecule has 96 valence electrons. The van der Waals surface area contributed by atoms with Crippen LogP contribution in [0.2, 0.25) is 0 Å². The van der Waals surface area contributed by atoms with Gasteiger partial charge in [0.25, 0.3) is 6.02 Å². The molecule has 0 radical (unpaired) electrons. The summed E-state index contributed by atoms with van der Waals surface area (Å²) < 4.78 is 5.93. The molecule has 1 saturated heterocycles. The number of anilines is 1. The predicted molar refractivity (Wildman–Crippen MR) is 68.6 cm³/mol. The number of hydrogen-bond acceptors (Lipinski definition) is 6. The first-order valence-electron chi connectivity index (χ1n) is 6.26. The molecule has 1 aromatic rings. The summed E-state index contributed by atoms with van der Waals surface area (Å²) in [5.74, 6) is 0.667. The summed E-state index contributed by atoms with van der Waals surface area (Å²) in [5.41, 5.74) is 0.737. The summed E-state index contributed by atoms with van der Waals surface area (Å²) in [6.07, 6.45) is 5.59. The van der Waals surface area contributed by atoms with Crippen molar-refractivity contribution in [3.63, 3.8) is 0 Å². The summed E-state index contributed by atoms with van der Waals surface area (Å²) in [5, 5.41) is 6.42. The first-order chi connectivity index (χ1) is 8.76. The van der Waals surface area contributed by atoms with Crippen LogP contribution in [0.3, 0.4) is 0 Å². The van der Waals surface area contributed by atoms with E-state index in [9.17, 15) is 0 Å². The summed E-state index contributed by atoms with van der Waals surface area (Å²) in [6, 6.07) is 0.553. The highest BCUT2D eigenvalue weighted by Crippen LogP contribution is 2.26. The molecule has 1 atom stereocenters. The van der Waals surface area contributed by atoms with Crippen molar-refractivity contribution in [3.05, 3.63) is 18.1 Å². The number of aryl methyl sites for hydroxylation is 1. The average molecular weight is 247 g/mol. The molecule has 6 heteroatoms. The van der Waals surface area contributed by atoms with E-state index in [0.29, 0.717) is 18.4 Å². The minimum absolute atomic E-state index is 0.154. The molecule has 1 aromatic heterocycles. The van der Waals surface area contributed by atoms with Gasteiger partial charge in [0.05, 0.1) is 24.6 Å². The Kier molecular flexibility index (Phi) is 2.87. The Labute approximate surface area is 106 Å². The van der Waals surface area contributed by atoms with E-state index in [1.54, 1.807) is 12.4 Å². The molecule has 2 N–H and O–H groups in total. The molecule has 2 aliphatic rings. The Morgan fingerprint density at radius 3 is 3.06 bits per heavy atom. The summed E-state index contributed by atoms with van der Waals surface area (Å²) >= 11 is 0. The van der Waals surface area contributed by atoms with E-state index >= 15 is 0 Å². The highest BCUT2D eigenvalue weighted by atomic mass is 16.5. The smallest absolute Gasteiger partial charge is 0.291 e. The zero-order valence-electron chi connectivity index (χ0n) is 10.4. The predicted octanol–water partition coefficient (Wildman–Crippen LogP) is 0.705. The van der Waals surface area contributed by atoms with Crippen molar-refractivity contribution in [1.82, 2.24) is 15.3 Å². The first-order valence-corrected chi connectivity index (χ1v) is 6.26. The molecule has 0 aliphatic carbocycles. The molecule has 6 nitrogen and oxygen atoms in total. The Bertz CT molecular complexity index is 450. The van der Waals surface area contributed by atoms with Crippen molar-refractivity contribution in [3.8, 4) is 0 Å². The third-order valence-corrected chi connectivity index (χ3v) is 3.27. The van der Waals surface area contributed by atoms with Gasteiger partial charge in [-0.25, -0.2) is 9.98 Å². The second-order valence-corrected chi connectivity index (χ2v) is 4.85. The van der Waals surface area contributed by atoms with E-state index < -0.39 is 0 Å². The zero-order chi connectivity index (χ0) is 12.4. The lowest BCUT2D eigenvalue weighted by Gasteiger charge is -2.32. The van der Waals surface area contributed by atoms with Crippen LogP contribution in [0, 0.1) is 6.92 Å². The van der Waals surface area contributed by atoms with Gasteiger partial charge in [-0.05, 0) is 26.3 Å². The number of piperidine rings is 1. The van der Waals surface area contributed by atoms with E-state index in [1.165, 1.54) is 0 Å². The number of ether oxygens (including phenoxy) is 1. The average Bonchev–Trinajstić information content (AvgIpc) is 2.76. The highest BCUT2D eigenvalue weighted by Gasteiger charge is 2.39. The third-order valence-electron chi connectivity index (χ3n) is 3.27. The minimum Gasteiger partial charge on any atom is -0.455 e. The van der Waals surface area contributed by atoms with E-state index in [2.05, 4.69) is 25.6 Å². The van der Waals surface area contributed by atoms with E-state index in [4.69, 9.17) is 4.74 Å². The van der Waals surface area contributed by atoms with Crippen molar-refractivity contribution in [2.45, 2.75) is 25.4 Å². The van der Waals surface area contributed by atoms with Gasteiger partial charge in [0.2, 0.25) is 0 Å². The quantitative estimate of drug-likeness (QED) is 0.764. The van der Waals surface area contributed by atoms with Crippen LogP contribution < -0.4 is 10.6 Å². The van der Waals surface area contributed by atoms with Gasteiger partial charge in [-0.3, -0.25) is 10.3 Å². The number of aromatic nitrogens is 2. The molecule has 0 bridgehead atoms. The van der Waals surface area contributed by atoms with Crippen molar-refractivity contribution in [2.75, 3.05) is 25.0 Å². The maximum Gasteiger partial charge on any atom is 0.291 e. The SMILES string of the molecule is Cc1cnc(NC2=NC[C@]3(CCCNC3)O2)cn1. The molecular formula is C12H17N5O. The zero-order valence-corrected chi connectivity index (χ0v) is 10.4. The minimum atomic E-state index is -0.154. The van der Waals surface area contributed by atoms with Crippen molar-refractivity contribution >= 4 is 11.8 Å². The lowest BCUT2D eigenvalue weighted by molar-refractivity contribution is 0.0596. The first kappa shape index (κ1) is 11.4. The van der Waals surface area contributed by atoms with E-state index in [1.807, 2.05) is 6.92 Å². The number of rotatable bonds is 1. The van der Waals surface area contributed by atoms with Crippen LogP contribution in [-0.4, -0.2) is 41.2 Å². The van der Waals surface area contributed by atoms with Crippen molar-refractivity contribution < 1.29 is 4.74 Å². The molecule has 0 aromatic carbocycles. The second kappa shape index (κ2) is 4.53. The van der Waals surface area contributed by atoms with Crippen LogP contribution in [0.5, 0.6) is 0 Å². The maximum atomic E-state index is 5.93. The van der Waals surface area contributed by atoms with Crippen molar-refractivity contribution in [2.24, 2.45) is 4.99 Å². The van der Waals surface area contributed by atoms with Crippen LogP contribution in [0.4, 0.5) is 5.82 Å². The molecule has 3 rings (SSSR count). The highest BCUT2D eigenvalue weighted by molar-refractivity contribution is 5.89. The maximum absolute atomic E-state index is 5.93. The third kappa shape index (κ3) is 2.28. The second-order valence-electron chi connectivity index (χ2n) is 4.85. The van der Waals surface area contributed by atoms with Crippen LogP contribution in [-0.2, 0) is 4.74 Å². The Morgan fingerprint density at radius 1 is 1.39 bits per heavy atom. The number of hydrogen-bond donors (Lipinski definition) is 2. The van der Waals surface area contributed by atoms with Crippen LogP contribution in [0.15, 0.2) is 17.4 Å². The summed E-state index contributed by atoms with van der Waals surface area (Å²) in [4.78, 5) is 12.8. The lowest BCUT2D eigenvalue weighted by Crippen LogP contribution is -2.48. The summed E-state index contributed by atoms with van der Waals surface area (Å²) in [6.45, 7) is 4.54. The van der Waals surface area contributed by atoms with Gasteiger partial charge >= 0.3 is 0 Å². The summed E-state index contributed by atoms with van der Waals surface area (Å²) in [7, 11) is 0. The fourth-order valence-electron chi connectivity index (χ4n) is 2.28. The van der Waals surface area contributed by atoms with E-state index in [0.717, 1.165) is 31.6 Å². The van der Waals surface area contributed by atoms with Crippen LogP contribution >= 0.6 is 0 Å². The van der Waals surface area contributed by atoms with Crippen LogP contribution in [0.1, 0.15) is 18.5 Å². The number of nitrogens with zero attached hydrogens (tertiary/aromatic N) is 3. The molecular weight excluding hydrogens is 230 g/mol. The van der Waals surface area contributed by atoms with Gasteiger partial charge in [-0.15, -0.1) is 0 Å². The number of aliphatic imine (C=N–C) groups is 1. The Hall–Kier alpha value is -1.69. The molecule has 1 fully saturated rings. The molecule has 18 heavy (non-hydrogen) atoms. The molecule has 0 saturated carbocycles. The Balaban J connectivity index is 1.63. The molecule has 3 heterocycles. The fourth-order valence-corrected chi connectivity index (χ4v) is 2.28. The topological polar surface area (TPSA) is 71.4 Å². The van der Waals surface area contributed by atoms with Gasteiger partial charge in [0.1, 0.15) is 5.60 Å². The van der Waals surface area contributed by atoms with Gasteiger partial charge in [0, 0.05) is 6.54 Å². The lowest BCUT2D eigenvalue weighted by atomic mass is 9.95. The van der Waals surface area contributed by atoms with Gasteiger partial charge in [0.15, 0.2) is 5.82 Å². The monoisotopic (exact) mass is 247 g/mol. The largest absolute Gasteiger partial charge is 0.455 e. The molecule has 1 spiro atoms. The molecule has 0 unspecified atom stereocenters. The van der Waals surface area contributed by atoms with Gasteiger partial charge in [-0.1, -0.05) is 0 Å². The number of nitrogens with one attached hydrogen (secondary N) is 2. The standard InChI is InChI=1S/C12H17N5O/c1-9-5-15-10(6-14-9)17-11-16-8-12(18-11)3-2-4-13-7-12/h5-6,13H,2-4,7-8H2,1H3,(H,15,16,17)/t12-/m1/s1. The normalized spacial score (nSPS) is 26.8. The fraction of sp³-hybridized carbons (Fsp3) is 0.583. The molecule has 0 amide bonds. The molecule has 2 aliphatic heterocycles. The number of amidine groups is 1. The Morgan fingerprint density at radius 2 is 2.33 bits per heavy atom. The van der Waals surface area contributed by atoms with Gasteiger partial charge < -0.3 is 10.1 Å².